The van der Waals surface area contributed by atoms with Crippen molar-refractivity contribution in [1.82, 2.24) is 14.7 Å². The summed E-state index contributed by atoms with van der Waals surface area (Å²) in [5.74, 6) is -3.76. The molecule has 4 fully saturated rings. The summed E-state index contributed by atoms with van der Waals surface area (Å²) in [6, 6.07) is 79.0. The van der Waals surface area contributed by atoms with Gasteiger partial charge in [0.25, 0.3) is 0 Å². The van der Waals surface area contributed by atoms with Crippen molar-refractivity contribution in [1.29, 1.82) is 0 Å². The number of likely N-dealkylation sites (tertiary alicyclic amines) is 3. The van der Waals surface area contributed by atoms with E-state index in [-0.39, 0.29) is 119 Å². The molecule has 0 radical (unpaired) electrons. The van der Waals surface area contributed by atoms with Gasteiger partial charge in [0.05, 0.1) is 53.0 Å². The second-order valence-corrected chi connectivity index (χ2v) is 28.4. The number of carboxylic acid groups (broad SMARTS) is 3. The summed E-state index contributed by atoms with van der Waals surface area (Å²) >= 11 is 0. The minimum atomic E-state index is -1.25. The van der Waals surface area contributed by atoms with Crippen LogP contribution in [0.4, 0.5) is 17.1 Å². The van der Waals surface area contributed by atoms with Crippen molar-refractivity contribution in [2.45, 2.75) is 156 Å². The van der Waals surface area contributed by atoms with Gasteiger partial charge in [-0.15, -0.1) is 23.6 Å². The Morgan fingerprint density at radius 1 is 0.437 bits per heavy atom. The van der Waals surface area contributed by atoms with Crippen molar-refractivity contribution >= 4 is 69.8 Å². The maximum atomic E-state index is 13.5. The van der Waals surface area contributed by atoms with Gasteiger partial charge in [0.1, 0.15) is 6.54 Å². The second-order valence-electron chi connectivity index (χ2n) is 28.4. The molecule has 21 heteroatoms. The molecule has 3 saturated heterocycles. The fourth-order valence-corrected chi connectivity index (χ4v) is 14.3. The maximum Gasteiger partial charge on any atom is 0.332 e. The molecule has 0 aromatic heterocycles. The summed E-state index contributed by atoms with van der Waals surface area (Å²) in [4.78, 5) is 96.1. The first-order valence-electron chi connectivity index (χ1n) is 39.5. The van der Waals surface area contributed by atoms with Gasteiger partial charge >= 0.3 is 17.9 Å². The van der Waals surface area contributed by atoms with Gasteiger partial charge in [-0.2, -0.15) is 0 Å². The number of amides is 3. The van der Waals surface area contributed by atoms with E-state index in [4.69, 9.17) is 9.98 Å². The Morgan fingerprint density at radius 2 is 0.748 bits per heavy atom. The molecule has 9 aromatic carbocycles. The molecule has 3 unspecified atom stereocenters. The number of carbonyl (C=O) groups excluding carboxylic acids is 3. The van der Waals surface area contributed by atoms with Crippen LogP contribution in [0.15, 0.2) is 307 Å². The molecule has 6 atom stereocenters. The van der Waals surface area contributed by atoms with E-state index in [9.17, 15) is 44.1 Å². The first kappa shape index (κ1) is 99.0. The van der Waals surface area contributed by atoms with Crippen molar-refractivity contribution in [3.05, 3.63) is 358 Å². The Balaban J connectivity index is 0.000000301. The Kier molecular flexibility index (Phi) is 43.0. The van der Waals surface area contributed by atoms with E-state index >= 15 is 0 Å². The van der Waals surface area contributed by atoms with E-state index in [1.165, 1.54) is 29.5 Å². The van der Waals surface area contributed by atoms with Crippen LogP contribution < -0.4 is 0 Å². The molecule has 3 N–H and O–H groups in total. The number of allylic oxidation sites excluding steroid dienone is 3. The average Bonchev–Trinajstić information content (AvgIpc) is 1.58. The van der Waals surface area contributed by atoms with Crippen LogP contribution in [-0.2, 0) is 97.9 Å². The van der Waals surface area contributed by atoms with Crippen LogP contribution in [0, 0.1) is 5.92 Å². The zero-order valence-corrected chi connectivity index (χ0v) is 69.2. The zero-order chi connectivity index (χ0) is 80.4. The van der Waals surface area contributed by atoms with Gasteiger partial charge in [0.15, 0.2) is 11.6 Å². The van der Waals surface area contributed by atoms with Crippen molar-refractivity contribution in [2.75, 3.05) is 26.2 Å². The molecule has 3 aliphatic heterocycles. The molecule has 18 nitrogen and oxygen atoms in total. The zero-order valence-electron chi connectivity index (χ0n) is 66.2. The molecule has 0 bridgehead atoms. The third-order valence-corrected chi connectivity index (χ3v) is 20.2. The van der Waals surface area contributed by atoms with E-state index in [1.54, 1.807) is 24.3 Å². The summed E-state index contributed by atoms with van der Waals surface area (Å²) in [7, 11) is 0. The summed E-state index contributed by atoms with van der Waals surface area (Å²) < 4.78 is 0. The van der Waals surface area contributed by atoms with Gasteiger partial charge in [0, 0.05) is 91.7 Å². The number of benzene rings is 9. The molecule has 634 valence electrons. The van der Waals surface area contributed by atoms with Gasteiger partial charge in [-0.1, -0.05) is 321 Å². The summed E-state index contributed by atoms with van der Waals surface area (Å²) in [5, 5.41) is 42.8. The summed E-state index contributed by atoms with van der Waals surface area (Å²) in [6.07, 6.45) is 18.8. The molecular weight excluding hydrogens is 1620 g/mol. The topological polar surface area (TPSA) is 252 Å². The predicted octanol–water partition coefficient (Wildman–Crippen LogP) is 20.7. The first-order chi connectivity index (χ1) is 55.6. The fraction of sp³-hybridized carbons (Fsp3) is 0.296. The number of hydrogen-bond donors (Lipinski definition) is 3. The van der Waals surface area contributed by atoms with Crippen LogP contribution in [0.1, 0.15) is 156 Å². The number of nitrogens with zero attached hydrogens (tertiary/aromatic N) is 9. The Bertz CT molecular complexity index is 4800. The van der Waals surface area contributed by atoms with E-state index < -0.39 is 29.5 Å². The van der Waals surface area contributed by atoms with Gasteiger partial charge in [0.2, 0.25) is 0 Å². The number of para-hydroxylation sites is 3. The van der Waals surface area contributed by atoms with E-state index in [0.717, 1.165) is 81.3 Å². The Morgan fingerprint density at radius 3 is 1.08 bits per heavy atom. The Labute approximate surface area is 733 Å². The molecule has 9 aromatic rings. The minimum absolute atomic E-state index is 0. The van der Waals surface area contributed by atoms with E-state index in [2.05, 4.69) is 105 Å². The number of aliphatic carboxylic acids is 3. The van der Waals surface area contributed by atoms with Crippen LogP contribution in [0.5, 0.6) is 0 Å². The Hall–Kier alpha value is -10.6. The SMILES string of the molecule is C.C.C=C[C@@H]1C[C@]1(N=C(c1ccccc1)c1ccccc1[N-]C(=O)C1CCCN1Cc1ccccc1)C(=O)O.CC/C=C/CC.CC/C=C/C[C@@H](N=C(c1ccccc1)c1ccccc1[N-]C(=O)C1CCCN1Cc1ccccc1)C(=O)O.O=C(O)CN=C(c1ccccc1)c1ccccc1[N-]C(=O)C1CCCN1Cc1ccccc1.[Ni].[Ni].[Ni]. The second kappa shape index (κ2) is 51.7. The van der Waals surface area contributed by atoms with Crippen molar-refractivity contribution in [3.63, 3.8) is 0 Å². The van der Waals surface area contributed by atoms with Crippen molar-refractivity contribution in [2.24, 2.45) is 20.9 Å². The standard InChI is InChI=1S/C32H35N3O3.C31H31N3O3.C27H27N3O3.C6H12.2CH4.3Ni/c1-2-3-6-20-28(32(37)38)33-30(25-16-9-5-10-17-25)26-18-11-12-19-27(26)34-31(36)29-21-13-22-35(29)23-24-14-7-4-8-15-24;1-2-24-20-31(24,30(36)37)33-28(23-14-7-4-8-15-23)25-16-9-10-17-26(25)32-29(35)27-18-11-19-34(27)21-22-12-5-3-6-13-22;31-25(32)18-28-26(21-12-5-2-6-13-21)22-14-7-8-15-23(22)29-27(33)24-16-9-17-30(24)19-20-10-3-1-4-11-20;1-3-5-6-4-2;;;;;/h3-12,14-19,28-29H,2,13,20-23H2,1H3,(H2,33,34,36,37,38);2-10,12-17,24,27H,1,11,18-21H2,(H2,32,33,35,36,37);1-8,10-15,24H,9,16-19H2,(H2,28,29,31,32,33);5-6H,3-4H2,1-2H3;2*1H4;;;/p-3/b6-3+;;;6-5+;;;;;/t28-,29?;24-,27?,31-;;;;;;;/m11......./s1. The number of carboxylic acids is 3. The largest absolute Gasteiger partial charge is 0.625 e. The third-order valence-electron chi connectivity index (χ3n) is 20.2. The smallest absolute Gasteiger partial charge is 0.332 e. The molecular formula is C98H110N9Ni3O9-3. The van der Waals surface area contributed by atoms with Crippen molar-refractivity contribution < 1.29 is 93.6 Å². The number of rotatable bonds is 30. The quantitative estimate of drug-likeness (QED) is 0.0216. The van der Waals surface area contributed by atoms with Gasteiger partial charge in [-0.05, 0) is 124 Å². The summed E-state index contributed by atoms with van der Waals surface area (Å²) in [5.41, 5.74) is 9.57. The van der Waals surface area contributed by atoms with Crippen LogP contribution in [0.2, 0.25) is 0 Å². The third kappa shape index (κ3) is 28.8. The average molecular weight is 1730 g/mol. The number of aliphatic imine (C=N–C) groups is 3. The first-order valence-corrected chi connectivity index (χ1v) is 39.5. The number of carbonyl (C=O) groups is 6. The molecule has 3 amide bonds. The molecule has 1 aliphatic carbocycles. The fourth-order valence-electron chi connectivity index (χ4n) is 14.3. The van der Waals surface area contributed by atoms with Crippen LogP contribution in [0.25, 0.3) is 16.0 Å². The predicted molar refractivity (Wildman–Crippen MR) is 469 cm³/mol. The van der Waals surface area contributed by atoms with Gasteiger partial charge in [-0.3, -0.25) is 34.5 Å². The molecule has 4 aliphatic rings. The van der Waals surface area contributed by atoms with Crippen molar-refractivity contribution in [3.8, 4) is 0 Å². The monoisotopic (exact) mass is 1730 g/mol. The van der Waals surface area contributed by atoms with Crippen LogP contribution in [0.3, 0.4) is 0 Å². The molecule has 1 saturated carbocycles. The normalized spacial score (nSPS) is 17.8. The number of hydrogen-bond acceptors (Lipinski definition) is 12. The summed E-state index contributed by atoms with van der Waals surface area (Å²) in [6.45, 7) is 14.4. The molecule has 119 heavy (non-hydrogen) atoms. The van der Waals surface area contributed by atoms with Gasteiger partial charge < -0.3 is 45.7 Å². The molecule has 13 rings (SSSR count). The minimum Gasteiger partial charge on any atom is -0.625 e. The maximum absolute atomic E-state index is 13.5. The molecule has 0 spiro atoms. The van der Waals surface area contributed by atoms with Crippen LogP contribution >= 0.6 is 0 Å². The molecule has 3 heterocycles. The van der Waals surface area contributed by atoms with E-state index in [1.807, 2.05) is 219 Å². The van der Waals surface area contributed by atoms with E-state index in [0.29, 0.717) is 76.9 Å². The van der Waals surface area contributed by atoms with Crippen LogP contribution in [-0.4, -0.2) is 139 Å². The van der Waals surface area contributed by atoms with Gasteiger partial charge in [-0.25, -0.2) is 9.59 Å².